The number of aryl methyl sites for hydroxylation is 1. The molecule has 6 nitrogen and oxygen atoms in total. The Morgan fingerprint density at radius 1 is 1.09 bits per heavy atom. The summed E-state index contributed by atoms with van der Waals surface area (Å²) in [6.45, 7) is 2.11. The van der Waals surface area contributed by atoms with Crippen molar-refractivity contribution in [1.29, 1.82) is 0 Å². The molecule has 178 valence electrons. The highest BCUT2D eigenvalue weighted by atomic mass is 127. The number of esters is 1. The molecule has 9 heteroatoms. The van der Waals surface area contributed by atoms with Gasteiger partial charge < -0.3 is 9.47 Å². The molecule has 3 aromatic rings. The second kappa shape index (κ2) is 10.8. The molecule has 0 saturated carbocycles. The van der Waals surface area contributed by atoms with Gasteiger partial charge in [-0.25, -0.2) is 4.79 Å². The van der Waals surface area contributed by atoms with Crippen LogP contribution in [-0.4, -0.2) is 29.1 Å². The van der Waals surface area contributed by atoms with Crippen LogP contribution in [0.2, 0.25) is 5.02 Å². The van der Waals surface area contributed by atoms with E-state index >= 15 is 0 Å². The van der Waals surface area contributed by atoms with Crippen molar-refractivity contribution in [2.24, 2.45) is 0 Å². The van der Waals surface area contributed by atoms with Gasteiger partial charge in [-0.3, -0.25) is 14.5 Å². The molecule has 3 aromatic carbocycles. The Bertz CT molecular complexity index is 1340. The summed E-state index contributed by atoms with van der Waals surface area (Å²) >= 11 is 9.47. The van der Waals surface area contributed by atoms with Gasteiger partial charge in [0.25, 0.3) is 11.1 Å². The summed E-state index contributed by atoms with van der Waals surface area (Å²) in [6, 6.07) is 17.7. The van der Waals surface area contributed by atoms with Crippen molar-refractivity contribution < 1.29 is 23.9 Å². The summed E-state index contributed by atoms with van der Waals surface area (Å²) in [4.78, 5) is 39.4. The van der Waals surface area contributed by atoms with Crippen LogP contribution in [0.3, 0.4) is 0 Å². The van der Waals surface area contributed by atoms with Crippen molar-refractivity contribution in [2.45, 2.75) is 13.5 Å². The Labute approximate surface area is 225 Å². The first kappa shape index (κ1) is 25.3. The number of benzene rings is 3. The Hall–Kier alpha value is -2.82. The number of amides is 2. The number of hydrogen-bond donors (Lipinski definition) is 0. The first-order valence-electron chi connectivity index (χ1n) is 10.4. The lowest BCUT2D eigenvalue weighted by molar-refractivity contribution is -0.123. The highest BCUT2D eigenvalue weighted by Gasteiger charge is 2.35. The molecule has 0 spiro atoms. The maximum Gasteiger partial charge on any atom is 0.343 e. The zero-order valence-electron chi connectivity index (χ0n) is 18.7. The lowest BCUT2D eigenvalue weighted by Crippen LogP contribution is -2.27. The van der Waals surface area contributed by atoms with Crippen LogP contribution in [0.4, 0.5) is 4.79 Å². The fourth-order valence-corrected chi connectivity index (χ4v) is 4.78. The zero-order chi connectivity index (χ0) is 25.1. The largest absolute Gasteiger partial charge is 0.493 e. The topological polar surface area (TPSA) is 72.9 Å². The molecule has 1 heterocycles. The van der Waals surface area contributed by atoms with Gasteiger partial charge in [0.2, 0.25) is 0 Å². The van der Waals surface area contributed by atoms with Gasteiger partial charge >= 0.3 is 5.97 Å². The quantitative estimate of drug-likeness (QED) is 0.132. The fourth-order valence-electron chi connectivity index (χ4n) is 3.32. The minimum atomic E-state index is -0.574. The molecule has 0 aliphatic carbocycles. The number of hydrogen-bond acceptors (Lipinski definition) is 6. The molecule has 0 unspecified atom stereocenters. The predicted molar refractivity (Wildman–Crippen MR) is 145 cm³/mol. The number of carbonyl (C=O) groups excluding carboxylic acids is 3. The van der Waals surface area contributed by atoms with Gasteiger partial charge in [0.05, 0.1) is 29.1 Å². The number of halogens is 2. The standard InChI is InChI=1S/C26H19ClINO5S/c1-15-3-7-18(8-4-15)25(31)34-23-20(27)11-17(12-21(23)33-2)13-22-24(30)29(26(32)35-22)14-16-5-9-19(28)10-6-16/h3-13H,14H2,1-2H3/b22-13-. The number of imide groups is 1. The van der Waals surface area contributed by atoms with Gasteiger partial charge in [-0.05, 0) is 94.9 Å². The highest BCUT2D eigenvalue weighted by Crippen LogP contribution is 2.39. The van der Waals surface area contributed by atoms with Gasteiger partial charge in [-0.2, -0.15) is 0 Å². The van der Waals surface area contributed by atoms with E-state index in [9.17, 15) is 14.4 Å². The monoisotopic (exact) mass is 619 g/mol. The van der Waals surface area contributed by atoms with Gasteiger partial charge in [-0.1, -0.05) is 41.4 Å². The van der Waals surface area contributed by atoms with E-state index in [1.165, 1.54) is 12.0 Å². The summed E-state index contributed by atoms with van der Waals surface area (Å²) in [6.07, 6.45) is 1.57. The van der Waals surface area contributed by atoms with E-state index in [2.05, 4.69) is 22.6 Å². The van der Waals surface area contributed by atoms with Crippen LogP contribution in [0.5, 0.6) is 11.5 Å². The molecule has 0 atom stereocenters. The van der Waals surface area contributed by atoms with Crippen LogP contribution in [0.1, 0.15) is 27.0 Å². The van der Waals surface area contributed by atoms with Gasteiger partial charge in [0.15, 0.2) is 11.5 Å². The van der Waals surface area contributed by atoms with E-state index in [1.807, 2.05) is 43.3 Å². The van der Waals surface area contributed by atoms with Crippen molar-refractivity contribution in [3.05, 3.63) is 96.4 Å². The highest BCUT2D eigenvalue weighted by molar-refractivity contribution is 14.1. The molecule has 0 N–H and O–H groups in total. The van der Waals surface area contributed by atoms with Gasteiger partial charge in [0.1, 0.15) is 0 Å². The smallest absolute Gasteiger partial charge is 0.343 e. The molecular weight excluding hydrogens is 601 g/mol. The average molecular weight is 620 g/mol. The molecule has 0 bridgehead atoms. The molecule has 1 saturated heterocycles. The molecule has 4 rings (SSSR count). The Kier molecular flexibility index (Phi) is 7.83. The number of methoxy groups -OCH3 is 1. The first-order chi connectivity index (χ1) is 16.7. The van der Waals surface area contributed by atoms with E-state index in [-0.39, 0.29) is 39.1 Å². The number of rotatable bonds is 6. The normalized spacial score (nSPS) is 14.5. The van der Waals surface area contributed by atoms with E-state index in [1.54, 1.807) is 30.3 Å². The van der Waals surface area contributed by atoms with Gasteiger partial charge in [-0.15, -0.1) is 0 Å². The van der Waals surface area contributed by atoms with Crippen LogP contribution in [0.25, 0.3) is 6.08 Å². The fraction of sp³-hybridized carbons (Fsp3) is 0.115. The predicted octanol–water partition coefficient (Wildman–Crippen LogP) is 6.72. The number of ether oxygens (including phenoxy) is 2. The van der Waals surface area contributed by atoms with Crippen molar-refractivity contribution >= 4 is 69.1 Å². The van der Waals surface area contributed by atoms with Crippen molar-refractivity contribution in [2.75, 3.05) is 7.11 Å². The van der Waals surface area contributed by atoms with Crippen molar-refractivity contribution in [1.82, 2.24) is 4.90 Å². The second-order valence-electron chi connectivity index (χ2n) is 7.68. The van der Waals surface area contributed by atoms with Gasteiger partial charge in [0, 0.05) is 3.57 Å². The summed E-state index contributed by atoms with van der Waals surface area (Å²) < 4.78 is 11.9. The van der Waals surface area contributed by atoms with Crippen LogP contribution >= 0.6 is 46.0 Å². The number of thioether (sulfide) groups is 1. The van der Waals surface area contributed by atoms with Crippen LogP contribution < -0.4 is 9.47 Å². The third-order valence-corrected chi connectivity index (χ3v) is 7.07. The van der Waals surface area contributed by atoms with E-state index in [0.717, 1.165) is 26.5 Å². The molecule has 1 aliphatic heterocycles. The molecule has 1 aliphatic rings. The lowest BCUT2D eigenvalue weighted by atomic mass is 10.1. The third kappa shape index (κ3) is 5.88. The lowest BCUT2D eigenvalue weighted by Gasteiger charge is -2.13. The zero-order valence-corrected chi connectivity index (χ0v) is 22.4. The molecule has 0 aromatic heterocycles. The molecule has 35 heavy (non-hydrogen) atoms. The molecule has 1 fully saturated rings. The van der Waals surface area contributed by atoms with E-state index in [0.29, 0.717) is 11.1 Å². The molecule has 0 radical (unpaired) electrons. The SMILES string of the molecule is COc1cc(/C=C2\SC(=O)N(Cc3ccc(I)cc3)C2=O)cc(Cl)c1OC(=O)c1ccc(C)cc1. The maximum absolute atomic E-state index is 12.9. The number of carbonyl (C=O) groups is 3. The van der Waals surface area contributed by atoms with Crippen LogP contribution in [-0.2, 0) is 11.3 Å². The third-order valence-electron chi connectivity index (χ3n) is 5.16. The summed E-state index contributed by atoms with van der Waals surface area (Å²) in [7, 11) is 1.42. The summed E-state index contributed by atoms with van der Waals surface area (Å²) in [5, 5.41) is -0.212. The molecule has 2 amide bonds. The Morgan fingerprint density at radius 3 is 2.43 bits per heavy atom. The van der Waals surface area contributed by atoms with Crippen LogP contribution in [0, 0.1) is 10.5 Å². The average Bonchev–Trinajstić information content (AvgIpc) is 3.09. The van der Waals surface area contributed by atoms with Crippen molar-refractivity contribution in [3.8, 4) is 11.5 Å². The maximum atomic E-state index is 12.9. The van der Waals surface area contributed by atoms with E-state index < -0.39 is 5.97 Å². The molecular formula is C26H19ClINO5S. The van der Waals surface area contributed by atoms with E-state index in [4.69, 9.17) is 21.1 Å². The summed E-state index contributed by atoms with van der Waals surface area (Å²) in [5.41, 5.74) is 2.78. The Balaban J connectivity index is 1.55. The second-order valence-corrected chi connectivity index (χ2v) is 10.3. The summed E-state index contributed by atoms with van der Waals surface area (Å²) in [5.74, 6) is -0.663. The minimum absolute atomic E-state index is 0.0729. The Morgan fingerprint density at radius 2 is 1.77 bits per heavy atom. The number of nitrogens with zero attached hydrogens (tertiary/aromatic N) is 1. The van der Waals surface area contributed by atoms with Crippen LogP contribution in [0.15, 0.2) is 65.6 Å². The minimum Gasteiger partial charge on any atom is -0.493 e. The first-order valence-corrected chi connectivity index (χ1v) is 12.7. The van der Waals surface area contributed by atoms with Crippen molar-refractivity contribution in [3.63, 3.8) is 0 Å².